The van der Waals surface area contributed by atoms with Crippen LogP contribution in [0.25, 0.3) is 0 Å². The highest BCUT2D eigenvalue weighted by molar-refractivity contribution is 7.99. The summed E-state index contributed by atoms with van der Waals surface area (Å²) in [5.74, 6) is 0. The van der Waals surface area contributed by atoms with E-state index in [-0.39, 0.29) is 0 Å². The molecular weight excluding hydrogens is 194 g/mol. The van der Waals surface area contributed by atoms with Gasteiger partial charge in [-0.05, 0) is 19.1 Å². The molecule has 84 valence electrons. The second kappa shape index (κ2) is 6.70. The van der Waals surface area contributed by atoms with Crippen LogP contribution in [0.2, 0.25) is 0 Å². The summed E-state index contributed by atoms with van der Waals surface area (Å²) in [7, 11) is 1.84. The average Bonchev–Trinajstić information content (AvgIpc) is 2.26. The standard InChI is InChI=1S/C11H23NOS/c1-9(14-3)8-12-10-6-4-5-7-11(10)13-2/h9-12H,4-8H2,1-3H3. The van der Waals surface area contributed by atoms with E-state index in [0.29, 0.717) is 17.4 Å². The van der Waals surface area contributed by atoms with Gasteiger partial charge in [-0.2, -0.15) is 11.8 Å². The summed E-state index contributed by atoms with van der Waals surface area (Å²) in [6.07, 6.45) is 7.79. The summed E-state index contributed by atoms with van der Waals surface area (Å²) in [5, 5.41) is 4.33. The van der Waals surface area contributed by atoms with Gasteiger partial charge in [-0.3, -0.25) is 0 Å². The van der Waals surface area contributed by atoms with Crippen molar-refractivity contribution < 1.29 is 4.74 Å². The van der Waals surface area contributed by atoms with Crippen molar-refractivity contribution in [3.8, 4) is 0 Å². The maximum Gasteiger partial charge on any atom is 0.0724 e. The summed E-state index contributed by atoms with van der Waals surface area (Å²) >= 11 is 1.92. The van der Waals surface area contributed by atoms with Gasteiger partial charge in [0, 0.05) is 24.9 Å². The van der Waals surface area contributed by atoms with Gasteiger partial charge in [-0.15, -0.1) is 0 Å². The molecule has 1 aliphatic rings. The predicted molar refractivity (Wildman–Crippen MR) is 64.0 cm³/mol. The number of ether oxygens (including phenoxy) is 1. The van der Waals surface area contributed by atoms with Gasteiger partial charge in [0.05, 0.1) is 6.10 Å². The van der Waals surface area contributed by atoms with Crippen LogP contribution in [-0.2, 0) is 4.74 Å². The van der Waals surface area contributed by atoms with Crippen LogP contribution in [0, 0.1) is 0 Å². The first-order valence-corrected chi connectivity index (χ1v) is 6.85. The monoisotopic (exact) mass is 217 g/mol. The molecule has 3 heteroatoms. The second-order valence-corrected chi connectivity index (χ2v) is 5.40. The molecule has 0 heterocycles. The third-order valence-corrected chi connectivity index (χ3v) is 4.05. The lowest BCUT2D eigenvalue weighted by Gasteiger charge is -2.31. The van der Waals surface area contributed by atoms with Crippen molar-refractivity contribution in [1.29, 1.82) is 0 Å². The van der Waals surface area contributed by atoms with Crippen LogP contribution < -0.4 is 5.32 Å². The van der Waals surface area contributed by atoms with E-state index in [9.17, 15) is 0 Å². The number of nitrogens with one attached hydrogen (secondary N) is 1. The van der Waals surface area contributed by atoms with Crippen LogP contribution in [0.15, 0.2) is 0 Å². The predicted octanol–water partition coefficient (Wildman–Crippen LogP) is 2.29. The molecule has 0 amide bonds. The van der Waals surface area contributed by atoms with Crippen molar-refractivity contribution in [1.82, 2.24) is 5.32 Å². The first kappa shape index (κ1) is 12.3. The van der Waals surface area contributed by atoms with Crippen LogP contribution in [0.1, 0.15) is 32.6 Å². The molecule has 0 spiro atoms. The molecule has 0 aromatic carbocycles. The van der Waals surface area contributed by atoms with E-state index in [1.54, 1.807) is 0 Å². The average molecular weight is 217 g/mol. The lowest BCUT2D eigenvalue weighted by atomic mass is 9.92. The normalized spacial score (nSPS) is 30.2. The molecule has 0 aromatic rings. The van der Waals surface area contributed by atoms with Crippen LogP contribution >= 0.6 is 11.8 Å². The number of hydrogen-bond acceptors (Lipinski definition) is 3. The van der Waals surface area contributed by atoms with E-state index in [4.69, 9.17) is 4.74 Å². The Bertz CT molecular complexity index is 154. The fourth-order valence-corrected chi connectivity index (χ4v) is 2.28. The molecule has 1 aliphatic carbocycles. The highest BCUT2D eigenvalue weighted by atomic mass is 32.2. The van der Waals surface area contributed by atoms with Crippen molar-refractivity contribution in [2.75, 3.05) is 19.9 Å². The Morgan fingerprint density at radius 3 is 2.79 bits per heavy atom. The Hall–Kier alpha value is 0.270. The Balaban J connectivity index is 2.26. The molecule has 3 unspecified atom stereocenters. The Morgan fingerprint density at radius 1 is 1.43 bits per heavy atom. The summed E-state index contributed by atoms with van der Waals surface area (Å²) < 4.78 is 5.50. The van der Waals surface area contributed by atoms with Crippen molar-refractivity contribution in [2.24, 2.45) is 0 Å². The molecule has 0 bridgehead atoms. The molecule has 1 rings (SSSR count). The topological polar surface area (TPSA) is 21.3 Å². The minimum atomic E-state index is 0.442. The quantitative estimate of drug-likeness (QED) is 0.763. The van der Waals surface area contributed by atoms with Gasteiger partial charge < -0.3 is 10.1 Å². The van der Waals surface area contributed by atoms with E-state index in [2.05, 4.69) is 18.5 Å². The number of thioether (sulfide) groups is 1. The van der Waals surface area contributed by atoms with E-state index < -0.39 is 0 Å². The fraction of sp³-hybridized carbons (Fsp3) is 1.00. The molecule has 1 fully saturated rings. The minimum Gasteiger partial charge on any atom is -0.380 e. The zero-order valence-electron chi connectivity index (χ0n) is 9.58. The molecule has 0 saturated heterocycles. The highest BCUT2D eigenvalue weighted by Crippen LogP contribution is 2.21. The van der Waals surface area contributed by atoms with Gasteiger partial charge in [-0.1, -0.05) is 19.8 Å². The second-order valence-electron chi connectivity index (χ2n) is 4.12. The van der Waals surface area contributed by atoms with E-state index >= 15 is 0 Å². The lowest BCUT2D eigenvalue weighted by Crippen LogP contribution is -2.45. The maximum absolute atomic E-state index is 5.50. The molecule has 0 aliphatic heterocycles. The first-order chi connectivity index (χ1) is 6.77. The third kappa shape index (κ3) is 3.79. The minimum absolute atomic E-state index is 0.442. The summed E-state index contributed by atoms with van der Waals surface area (Å²) in [4.78, 5) is 0. The molecule has 3 atom stereocenters. The molecule has 0 radical (unpaired) electrons. The summed E-state index contributed by atoms with van der Waals surface area (Å²) in [6, 6.07) is 0.586. The Morgan fingerprint density at radius 2 is 2.14 bits per heavy atom. The maximum atomic E-state index is 5.50. The zero-order valence-corrected chi connectivity index (χ0v) is 10.4. The number of rotatable bonds is 5. The molecular formula is C11H23NOS. The molecule has 1 saturated carbocycles. The van der Waals surface area contributed by atoms with Crippen molar-refractivity contribution in [2.45, 2.75) is 50.0 Å². The SMILES string of the molecule is COC1CCCCC1NCC(C)SC. The van der Waals surface area contributed by atoms with Crippen LogP contribution in [0.5, 0.6) is 0 Å². The first-order valence-electron chi connectivity index (χ1n) is 5.57. The number of methoxy groups -OCH3 is 1. The van der Waals surface area contributed by atoms with Crippen molar-refractivity contribution in [3.05, 3.63) is 0 Å². The molecule has 0 aromatic heterocycles. The highest BCUT2D eigenvalue weighted by Gasteiger charge is 2.24. The van der Waals surface area contributed by atoms with Crippen molar-refractivity contribution in [3.63, 3.8) is 0 Å². The lowest BCUT2D eigenvalue weighted by molar-refractivity contribution is 0.0422. The van der Waals surface area contributed by atoms with E-state index in [1.165, 1.54) is 25.7 Å². The zero-order chi connectivity index (χ0) is 10.4. The van der Waals surface area contributed by atoms with E-state index in [0.717, 1.165) is 6.54 Å². The van der Waals surface area contributed by atoms with Crippen LogP contribution in [0.3, 0.4) is 0 Å². The van der Waals surface area contributed by atoms with Gasteiger partial charge in [0.15, 0.2) is 0 Å². The van der Waals surface area contributed by atoms with Crippen LogP contribution in [-0.4, -0.2) is 37.3 Å². The van der Waals surface area contributed by atoms with Crippen molar-refractivity contribution >= 4 is 11.8 Å². The Labute approximate surface area is 92.2 Å². The van der Waals surface area contributed by atoms with Gasteiger partial charge in [-0.25, -0.2) is 0 Å². The fourth-order valence-electron chi connectivity index (χ4n) is 2.01. The molecule has 1 N–H and O–H groups in total. The summed E-state index contributed by atoms with van der Waals surface area (Å²) in [6.45, 7) is 3.37. The van der Waals surface area contributed by atoms with Gasteiger partial charge in [0.25, 0.3) is 0 Å². The third-order valence-electron chi connectivity index (χ3n) is 3.08. The van der Waals surface area contributed by atoms with Gasteiger partial charge in [0.1, 0.15) is 0 Å². The summed E-state index contributed by atoms with van der Waals surface area (Å²) in [5.41, 5.74) is 0. The molecule has 14 heavy (non-hydrogen) atoms. The molecule has 2 nitrogen and oxygen atoms in total. The van der Waals surface area contributed by atoms with Crippen LogP contribution in [0.4, 0.5) is 0 Å². The number of hydrogen-bond donors (Lipinski definition) is 1. The van der Waals surface area contributed by atoms with Gasteiger partial charge in [0.2, 0.25) is 0 Å². The van der Waals surface area contributed by atoms with Gasteiger partial charge >= 0.3 is 0 Å². The van der Waals surface area contributed by atoms with E-state index in [1.807, 2.05) is 18.9 Å². The smallest absolute Gasteiger partial charge is 0.0724 e. The largest absolute Gasteiger partial charge is 0.380 e. The Kier molecular flexibility index (Phi) is 5.90.